The summed E-state index contributed by atoms with van der Waals surface area (Å²) in [5.74, 6) is 1.28. The summed E-state index contributed by atoms with van der Waals surface area (Å²) in [5.41, 5.74) is 0. The molecule has 118 valence electrons. The minimum atomic E-state index is 0. The van der Waals surface area contributed by atoms with Gasteiger partial charge in [-0.3, -0.25) is 4.79 Å². The highest BCUT2D eigenvalue weighted by Crippen LogP contribution is 2.27. The van der Waals surface area contributed by atoms with E-state index in [1.54, 1.807) is 0 Å². The summed E-state index contributed by atoms with van der Waals surface area (Å²) in [6.07, 6.45) is 10.1. The van der Waals surface area contributed by atoms with Gasteiger partial charge in [0.05, 0.1) is 0 Å². The molecule has 1 aliphatic heterocycles. The van der Waals surface area contributed by atoms with Crippen LogP contribution in [-0.2, 0) is 4.79 Å². The summed E-state index contributed by atoms with van der Waals surface area (Å²) in [7, 11) is 0. The molecule has 1 N–H and O–H groups in total. The minimum absolute atomic E-state index is 0. The predicted molar refractivity (Wildman–Crippen MR) is 86.3 cm³/mol. The maximum Gasteiger partial charge on any atom is 0.222 e. The van der Waals surface area contributed by atoms with Gasteiger partial charge in [0.15, 0.2) is 0 Å². The number of carbonyl (C=O) groups excluding carboxylic acids is 1. The molecule has 0 bridgehead atoms. The first kappa shape index (κ1) is 17.8. The van der Waals surface area contributed by atoms with Gasteiger partial charge in [-0.2, -0.15) is 0 Å². The van der Waals surface area contributed by atoms with Gasteiger partial charge in [-0.15, -0.1) is 12.4 Å². The van der Waals surface area contributed by atoms with E-state index in [-0.39, 0.29) is 12.4 Å². The third-order valence-corrected chi connectivity index (χ3v) is 5.08. The van der Waals surface area contributed by atoms with Crippen LogP contribution in [0.15, 0.2) is 0 Å². The van der Waals surface area contributed by atoms with Crippen molar-refractivity contribution in [3.8, 4) is 0 Å². The highest BCUT2D eigenvalue weighted by Gasteiger charge is 2.27. The first-order chi connectivity index (χ1) is 9.18. The van der Waals surface area contributed by atoms with Gasteiger partial charge in [0.25, 0.3) is 0 Å². The maximum absolute atomic E-state index is 12.3. The second kappa shape index (κ2) is 8.89. The second-order valence-electron chi connectivity index (χ2n) is 6.47. The Bertz CT molecular complexity index is 292. The van der Waals surface area contributed by atoms with E-state index in [2.05, 4.69) is 24.1 Å². The van der Waals surface area contributed by atoms with Gasteiger partial charge in [0.2, 0.25) is 5.91 Å². The van der Waals surface area contributed by atoms with Crippen LogP contribution in [0.4, 0.5) is 0 Å². The Balaban J connectivity index is 0.00000200. The number of carbonyl (C=O) groups is 1. The van der Waals surface area contributed by atoms with Crippen LogP contribution < -0.4 is 5.32 Å². The number of hydrogen-bond donors (Lipinski definition) is 1. The SMILES string of the molecule is CC1NCCN(C(=O)CCCC2CCCCC2)C1C.Cl. The largest absolute Gasteiger partial charge is 0.337 e. The van der Waals surface area contributed by atoms with E-state index in [0.717, 1.165) is 31.8 Å². The van der Waals surface area contributed by atoms with Crippen molar-refractivity contribution in [2.45, 2.75) is 77.3 Å². The van der Waals surface area contributed by atoms with Gasteiger partial charge in [-0.05, 0) is 32.6 Å². The standard InChI is InChI=1S/C16H30N2O.ClH/c1-13-14(2)18(12-11-17-13)16(19)10-6-9-15-7-4-3-5-8-15;/h13-15,17H,3-12H2,1-2H3;1H. The van der Waals surface area contributed by atoms with Crippen molar-refractivity contribution in [2.24, 2.45) is 5.92 Å². The Labute approximate surface area is 130 Å². The van der Waals surface area contributed by atoms with Crippen LogP contribution in [0, 0.1) is 5.92 Å². The molecule has 0 aromatic carbocycles. The highest BCUT2D eigenvalue weighted by molar-refractivity contribution is 5.85. The van der Waals surface area contributed by atoms with E-state index in [4.69, 9.17) is 0 Å². The molecule has 2 fully saturated rings. The molecule has 2 aliphatic rings. The molecule has 20 heavy (non-hydrogen) atoms. The van der Waals surface area contributed by atoms with Gasteiger partial charge in [-0.1, -0.05) is 32.1 Å². The lowest BCUT2D eigenvalue weighted by Gasteiger charge is -2.38. The first-order valence-corrected chi connectivity index (χ1v) is 8.21. The number of amides is 1. The Kier molecular flexibility index (Phi) is 7.90. The van der Waals surface area contributed by atoms with Crippen LogP contribution in [-0.4, -0.2) is 36.0 Å². The average Bonchev–Trinajstić information content (AvgIpc) is 2.43. The fourth-order valence-corrected chi connectivity index (χ4v) is 3.57. The molecule has 0 aromatic heterocycles. The van der Waals surface area contributed by atoms with Crippen molar-refractivity contribution in [1.82, 2.24) is 10.2 Å². The molecule has 2 unspecified atom stereocenters. The van der Waals surface area contributed by atoms with Gasteiger partial charge in [-0.25, -0.2) is 0 Å². The molecule has 4 heteroatoms. The molecule has 1 heterocycles. The van der Waals surface area contributed by atoms with Crippen molar-refractivity contribution >= 4 is 18.3 Å². The lowest BCUT2D eigenvalue weighted by atomic mass is 9.86. The zero-order valence-electron chi connectivity index (χ0n) is 13.1. The third-order valence-electron chi connectivity index (χ3n) is 5.08. The van der Waals surface area contributed by atoms with Crippen molar-refractivity contribution in [1.29, 1.82) is 0 Å². The Hall–Kier alpha value is -0.280. The van der Waals surface area contributed by atoms with E-state index in [0.29, 0.717) is 18.0 Å². The Morgan fingerprint density at radius 2 is 1.90 bits per heavy atom. The predicted octanol–water partition coefficient (Wildman–Crippen LogP) is 3.37. The fourth-order valence-electron chi connectivity index (χ4n) is 3.57. The van der Waals surface area contributed by atoms with E-state index in [1.807, 2.05) is 0 Å². The second-order valence-corrected chi connectivity index (χ2v) is 6.47. The van der Waals surface area contributed by atoms with Gasteiger partial charge in [0, 0.05) is 31.6 Å². The van der Waals surface area contributed by atoms with Crippen LogP contribution in [0.5, 0.6) is 0 Å². The molecule has 0 spiro atoms. The highest BCUT2D eigenvalue weighted by atomic mass is 35.5. The van der Waals surface area contributed by atoms with Crippen molar-refractivity contribution in [3.63, 3.8) is 0 Å². The smallest absolute Gasteiger partial charge is 0.222 e. The van der Waals surface area contributed by atoms with Crippen molar-refractivity contribution in [2.75, 3.05) is 13.1 Å². The summed E-state index contributed by atoms with van der Waals surface area (Å²) < 4.78 is 0. The molecule has 2 atom stereocenters. The zero-order chi connectivity index (χ0) is 13.7. The molecule has 1 saturated carbocycles. The quantitative estimate of drug-likeness (QED) is 0.863. The van der Waals surface area contributed by atoms with Crippen LogP contribution in [0.1, 0.15) is 65.2 Å². The van der Waals surface area contributed by atoms with E-state index in [1.165, 1.54) is 38.5 Å². The molecule has 2 rings (SSSR count). The summed E-state index contributed by atoms with van der Waals surface area (Å²) in [6, 6.07) is 0.770. The lowest BCUT2D eigenvalue weighted by molar-refractivity contribution is -0.135. The van der Waals surface area contributed by atoms with Crippen LogP contribution in [0.2, 0.25) is 0 Å². The lowest BCUT2D eigenvalue weighted by Crippen LogP contribution is -2.57. The zero-order valence-corrected chi connectivity index (χ0v) is 13.9. The van der Waals surface area contributed by atoms with E-state index >= 15 is 0 Å². The third kappa shape index (κ3) is 4.92. The van der Waals surface area contributed by atoms with Gasteiger partial charge in [0.1, 0.15) is 0 Å². The number of halogens is 1. The van der Waals surface area contributed by atoms with Crippen molar-refractivity contribution in [3.05, 3.63) is 0 Å². The summed E-state index contributed by atoms with van der Waals surface area (Å²) in [4.78, 5) is 14.4. The molecular weight excluding hydrogens is 272 g/mol. The topological polar surface area (TPSA) is 32.3 Å². The Morgan fingerprint density at radius 1 is 1.20 bits per heavy atom. The minimum Gasteiger partial charge on any atom is -0.337 e. The molecule has 1 saturated heterocycles. The normalized spacial score (nSPS) is 28.0. The maximum atomic E-state index is 12.3. The number of nitrogens with zero attached hydrogens (tertiary/aromatic N) is 1. The van der Waals surface area contributed by atoms with Gasteiger partial charge < -0.3 is 10.2 Å². The fraction of sp³-hybridized carbons (Fsp3) is 0.938. The van der Waals surface area contributed by atoms with Gasteiger partial charge >= 0.3 is 0 Å². The van der Waals surface area contributed by atoms with E-state index < -0.39 is 0 Å². The first-order valence-electron chi connectivity index (χ1n) is 8.21. The van der Waals surface area contributed by atoms with Crippen LogP contribution in [0.25, 0.3) is 0 Å². The molecular formula is C16H31ClN2O. The van der Waals surface area contributed by atoms with Crippen molar-refractivity contribution < 1.29 is 4.79 Å². The number of hydrogen-bond acceptors (Lipinski definition) is 2. The molecule has 3 nitrogen and oxygen atoms in total. The summed E-state index contributed by atoms with van der Waals surface area (Å²) in [5, 5.41) is 3.43. The summed E-state index contributed by atoms with van der Waals surface area (Å²) >= 11 is 0. The van der Waals surface area contributed by atoms with Crippen LogP contribution in [0.3, 0.4) is 0 Å². The van der Waals surface area contributed by atoms with E-state index in [9.17, 15) is 4.79 Å². The Morgan fingerprint density at radius 3 is 2.60 bits per heavy atom. The number of rotatable bonds is 4. The molecule has 0 radical (unpaired) electrons. The number of piperazine rings is 1. The molecule has 1 aliphatic carbocycles. The number of nitrogens with one attached hydrogen (secondary N) is 1. The molecule has 0 aromatic rings. The van der Waals surface area contributed by atoms with Crippen LogP contribution >= 0.6 is 12.4 Å². The average molecular weight is 303 g/mol. The molecule has 1 amide bonds. The summed E-state index contributed by atoms with van der Waals surface area (Å²) in [6.45, 7) is 6.16. The monoisotopic (exact) mass is 302 g/mol.